The van der Waals surface area contributed by atoms with Crippen molar-refractivity contribution in [1.82, 2.24) is 10.6 Å². The zero-order valence-corrected chi connectivity index (χ0v) is 19.6. The molecule has 3 N–H and O–H groups in total. The lowest BCUT2D eigenvalue weighted by Crippen LogP contribution is -2.46. The van der Waals surface area contributed by atoms with E-state index in [1.807, 2.05) is 30.3 Å². The number of benzene rings is 3. The van der Waals surface area contributed by atoms with Crippen LogP contribution in [0.3, 0.4) is 0 Å². The molecule has 0 saturated heterocycles. The molecule has 1 heterocycles. The van der Waals surface area contributed by atoms with Crippen molar-refractivity contribution in [2.75, 3.05) is 12.4 Å². The summed E-state index contributed by atoms with van der Waals surface area (Å²) >= 11 is 0. The Balaban J connectivity index is 1.60. The molecule has 0 aliphatic carbocycles. The quantitative estimate of drug-likeness (QED) is 0.317. The monoisotopic (exact) mass is 488 g/mol. The molecule has 0 saturated carbocycles. The van der Waals surface area contributed by atoms with Crippen LogP contribution in [-0.4, -0.2) is 24.0 Å². The van der Waals surface area contributed by atoms with Gasteiger partial charge >= 0.3 is 6.03 Å². The van der Waals surface area contributed by atoms with E-state index in [2.05, 4.69) is 16.0 Å². The van der Waals surface area contributed by atoms with Crippen LogP contribution in [0.25, 0.3) is 0 Å². The number of nitrogens with zero attached hydrogens (tertiary/aromatic N) is 1. The summed E-state index contributed by atoms with van der Waals surface area (Å²) in [4.78, 5) is 36.1. The van der Waals surface area contributed by atoms with Gasteiger partial charge in [-0.2, -0.15) is 0 Å². The highest BCUT2D eigenvalue weighted by atomic mass is 16.6. The number of methoxy groups -OCH3 is 1. The van der Waals surface area contributed by atoms with Gasteiger partial charge in [-0.3, -0.25) is 14.9 Å². The zero-order valence-electron chi connectivity index (χ0n) is 19.6. The number of nitrogens with one attached hydrogen (secondary N) is 3. The van der Waals surface area contributed by atoms with Crippen molar-refractivity contribution in [3.63, 3.8) is 0 Å². The first-order valence-corrected chi connectivity index (χ1v) is 11.0. The zero-order chi connectivity index (χ0) is 25.7. The molecule has 10 nitrogen and oxygen atoms in total. The van der Waals surface area contributed by atoms with Crippen LogP contribution >= 0.6 is 0 Å². The van der Waals surface area contributed by atoms with Gasteiger partial charge in [0.15, 0.2) is 11.5 Å². The Kier molecular flexibility index (Phi) is 7.15. The average molecular weight is 489 g/mol. The number of carbonyl (C=O) groups is 2. The molecule has 36 heavy (non-hydrogen) atoms. The van der Waals surface area contributed by atoms with Crippen LogP contribution in [0.1, 0.15) is 24.1 Å². The van der Waals surface area contributed by atoms with Gasteiger partial charge in [0.25, 0.3) is 11.6 Å². The number of hydrogen-bond acceptors (Lipinski definition) is 6. The van der Waals surface area contributed by atoms with Gasteiger partial charge < -0.3 is 25.4 Å². The number of carbonyl (C=O) groups excluding carboxylic acids is 2. The average Bonchev–Trinajstić information content (AvgIpc) is 2.87. The van der Waals surface area contributed by atoms with Gasteiger partial charge in [0, 0.05) is 23.5 Å². The molecule has 0 bridgehead atoms. The van der Waals surface area contributed by atoms with Gasteiger partial charge in [-0.25, -0.2) is 4.79 Å². The van der Waals surface area contributed by atoms with Crippen LogP contribution in [0, 0.1) is 10.1 Å². The first-order valence-electron chi connectivity index (χ1n) is 11.0. The molecule has 0 aromatic heterocycles. The Morgan fingerprint density at radius 1 is 1.06 bits per heavy atom. The summed E-state index contributed by atoms with van der Waals surface area (Å²) in [6.45, 7) is 1.96. The van der Waals surface area contributed by atoms with Crippen LogP contribution in [0.2, 0.25) is 0 Å². The lowest BCUT2D eigenvalue weighted by atomic mass is 9.94. The molecule has 1 aliphatic heterocycles. The predicted molar refractivity (Wildman–Crippen MR) is 133 cm³/mol. The molecule has 1 unspecified atom stereocenters. The van der Waals surface area contributed by atoms with Gasteiger partial charge in [0.2, 0.25) is 0 Å². The summed E-state index contributed by atoms with van der Waals surface area (Å²) in [5, 5.41) is 19.1. The van der Waals surface area contributed by atoms with E-state index in [4.69, 9.17) is 9.47 Å². The molecule has 0 spiro atoms. The molecule has 3 aromatic carbocycles. The maximum absolute atomic E-state index is 13.2. The maximum Gasteiger partial charge on any atom is 0.319 e. The normalized spacial score (nSPS) is 14.9. The number of hydrogen-bond donors (Lipinski definition) is 3. The highest BCUT2D eigenvalue weighted by molar-refractivity contribution is 6.06. The molecule has 184 valence electrons. The molecule has 1 atom stereocenters. The number of urea groups is 1. The second-order valence-corrected chi connectivity index (χ2v) is 8.02. The summed E-state index contributed by atoms with van der Waals surface area (Å²) in [6, 6.07) is 19.2. The first kappa shape index (κ1) is 24.3. The standard InChI is InChI=1S/C26H24N4O6/c1-16-23(25(31)28-19-9-6-10-20(14-19)30(33)34)24(29-26(32)27-16)18-11-12-21(22(13-18)35-2)36-15-17-7-4-3-5-8-17/h3-14,24H,15H2,1-2H3,(H,28,31)(H2,27,29,32). The number of amides is 3. The van der Waals surface area contributed by atoms with Crippen molar-refractivity contribution in [1.29, 1.82) is 0 Å². The molecule has 1 aliphatic rings. The highest BCUT2D eigenvalue weighted by Gasteiger charge is 2.32. The maximum atomic E-state index is 13.2. The van der Waals surface area contributed by atoms with Crippen LogP contribution < -0.4 is 25.4 Å². The summed E-state index contributed by atoms with van der Waals surface area (Å²) in [6.07, 6.45) is 0. The predicted octanol–water partition coefficient (Wildman–Crippen LogP) is 4.45. The number of non-ortho nitro benzene ring substituents is 1. The topological polar surface area (TPSA) is 132 Å². The van der Waals surface area contributed by atoms with Gasteiger partial charge in [0.1, 0.15) is 6.61 Å². The number of anilines is 1. The molecule has 4 rings (SSSR count). The Hall–Kier alpha value is -4.86. The Bertz CT molecular complexity index is 1340. The first-order chi connectivity index (χ1) is 17.4. The van der Waals surface area contributed by atoms with Crippen LogP contribution in [0.4, 0.5) is 16.2 Å². The molecular formula is C26H24N4O6. The molecule has 0 radical (unpaired) electrons. The van der Waals surface area contributed by atoms with Gasteiger partial charge in [0.05, 0.1) is 23.6 Å². The third-order valence-electron chi connectivity index (χ3n) is 5.59. The van der Waals surface area contributed by atoms with Gasteiger partial charge in [-0.1, -0.05) is 42.5 Å². The number of nitro groups is 1. The minimum atomic E-state index is -0.797. The van der Waals surface area contributed by atoms with Crippen molar-refractivity contribution >= 4 is 23.3 Å². The van der Waals surface area contributed by atoms with Crippen molar-refractivity contribution in [3.8, 4) is 11.5 Å². The Morgan fingerprint density at radius 2 is 1.83 bits per heavy atom. The molecular weight excluding hydrogens is 464 g/mol. The van der Waals surface area contributed by atoms with E-state index in [0.717, 1.165) is 5.56 Å². The number of allylic oxidation sites excluding steroid dienone is 1. The minimum absolute atomic E-state index is 0.152. The fraction of sp³-hybridized carbons (Fsp3) is 0.154. The lowest BCUT2D eigenvalue weighted by molar-refractivity contribution is -0.384. The van der Waals surface area contributed by atoms with E-state index in [9.17, 15) is 19.7 Å². The minimum Gasteiger partial charge on any atom is -0.493 e. The van der Waals surface area contributed by atoms with Crippen molar-refractivity contribution < 1.29 is 24.0 Å². The largest absolute Gasteiger partial charge is 0.493 e. The number of nitro benzene ring substituents is 1. The molecule has 3 aromatic rings. The van der Waals surface area contributed by atoms with Crippen molar-refractivity contribution in [2.24, 2.45) is 0 Å². The fourth-order valence-electron chi connectivity index (χ4n) is 3.86. The van der Waals surface area contributed by atoms with Crippen LogP contribution in [0.5, 0.6) is 11.5 Å². The molecule has 0 fully saturated rings. The van der Waals surface area contributed by atoms with E-state index >= 15 is 0 Å². The van der Waals surface area contributed by atoms with Gasteiger partial charge in [-0.15, -0.1) is 0 Å². The number of ether oxygens (including phenoxy) is 2. The van der Waals surface area contributed by atoms with E-state index in [1.54, 1.807) is 31.2 Å². The second-order valence-electron chi connectivity index (χ2n) is 8.02. The smallest absolute Gasteiger partial charge is 0.319 e. The third kappa shape index (κ3) is 5.44. The number of rotatable bonds is 8. The van der Waals surface area contributed by atoms with E-state index in [1.165, 1.54) is 25.3 Å². The Morgan fingerprint density at radius 3 is 2.56 bits per heavy atom. The summed E-state index contributed by atoms with van der Waals surface area (Å²) in [5.41, 5.74) is 2.30. The van der Waals surface area contributed by atoms with Crippen molar-refractivity contribution in [3.05, 3.63) is 105 Å². The second kappa shape index (κ2) is 10.6. The third-order valence-corrected chi connectivity index (χ3v) is 5.59. The molecule has 10 heteroatoms. The summed E-state index contributed by atoms with van der Waals surface area (Å²) in [5.74, 6) is 0.426. The molecule has 3 amide bonds. The summed E-state index contributed by atoms with van der Waals surface area (Å²) in [7, 11) is 1.51. The van der Waals surface area contributed by atoms with E-state index in [-0.39, 0.29) is 16.9 Å². The lowest BCUT2D eigenvalue weighted by Gasteiger charge is -2.29. The van der Waals surface area contributed by atoms with Crippen molar-refractivity contribution in [2.45, 2.75) is 19.6 Å². The van der Waals surface area contributed by atoms with E-state index < -0.39 is 22.9 Å². The van der Waals surface area contributed by atoms with E-state index in [0.29, 0.717) is 29.4 Å². The fourth-order valence-corrected chi connectivity index (χ4v) is 3.86. The van der Waals surface area contributed by atoms with Crippen LogP contribution in [-0.2, 0) is 11.4 Å². The SMILES string of the molecule is COc1cc(C2NC(=O)NC(C)=C2C(=O)Nc2cccc([N+](=O)[O-])c2)ccc1OCc1ccccc1. The van der Waals surface area contributed by atoms with Gasteiger partial charge in [-0.05, 0) is 36.2 Å². The Labute approximate surface area is 207 Å². The summed E-state index contributed by atoms with van der Waals surface area (Å²) < 4.78 is 11.4. The highest BCUT2D eigenvalue weighted by Crippen LogP contribution is 2.35. The van der Waals surface area contributed by atoms with Crippen LogP contribution in [0.15, 0.2) is 84.1 Å².